The Balaban J connectivity index is 1.57. The highest BCUT2D eigenvalue weighted by Gasteiger charge is 2.25. The van der Waals surface area contributed by atoms with Gasteiger partial charge in [-0.3, -0.25) is 0 Å². The Bertz CT molecular complexity index is 1140. The van der Waals surface area contributed by atoms with Gasteiger partial charge in [-0.2, -0.15) is 9.61 Å². The molecule has 1 aliphatic rings. The number of sulfonamides is 1. The number of hydrogen-bond acceptors (Lipinski definition) is 5. The number of hydrogen-bond donors (Lipinski definition) is 1. The molecule has 7 nitrogen and oxygen atoms in total. The maximum Gasteiger partial charge on any atom is 0.211 e. The van der Waals surface area contributed by atoms with Crippen LogP contribution in [-0.2, 0) is 10.0 Å². The highest BCUT2D eigenvalue weighted by molar-refractivity contribution is 7.88. The Morgan fingerprint density at radius 1 is 1.28 bits per heavy atom. The smallest absolute Gasteiger partial charge is 0.211 e. The molecular formula is C19H21BClN5O2S. The third kappa shape index (κ3) is 4.27. The molecule has 0 atom stereocenters. The molecular weight excluding hydrogens is 409 g/mol. The van der Waals surface area contributed by atoms with Crippen LogP contribution in [0.15, 0.2) is 36.5 Å². The highest BCUT2D eigenvalue weighted by Crippen LogP contribution is 2.28. The SMILES string of the molecule is [B]c1cnn2c(NCC3CCN(S(C)(=O)=O)CC3)cc(-c3ccccc3Cl)nc12. The quantitative estimate of drug-likeness (QED) is 0.627. The van der Waals surface area contributed by atoms with E-state index in [1.54, 1.807) is 10.7 Å². The van der Waals surface area contributed by atoms with Crippen molar-refractivity contribution in [3.05, 3.63) is 41.6 Å². The molecule has 1 N–H and O–H groups in total. The van der Waals surface area contributed by atoms with Crippen molar-refractivity contribution in [3.63, 3.8) is 0 Å². The maximum absolute atomic E-state index is 11.7. The number of nitrogens with zero attached hydrogens (tertiary/aromatic N) is 4. The fraction of sp³-hybridized carbons (Fsp3) is 0.368. The molecule has 0 saturated carbocycles. The molecule has 10 heteroatoms. The molecule has 0 amide bonds. The molecule has 0 bridgehead atoms. The van der Waals surface area contributed by atoms with E-state index in [4.69, 9.17) is 19.4 Å². The zero-order valence-corrected chi connectivity index (χ0v) is 17.6. The number of fused-ring (bicyclic) bond motifs is 1. The summed E-state index contributed by atoms with van der Waals surface area (Å²) in [6.07, 6.45) is 4.46. The summed E-state index contributed by atoms with van der Waals surface area (Å²) < 4.78 is 26.6. The van der Waals surface area contributed by atoms with Gasteiger partial charge in [0.05, 0.1) is 11.9 Å². The van der Waals surface area contributed by atoms with Crippen molar-refractivity contribution >= 4 is 46.4 Å². The van der Waals surface area contributed by atoms with Crippen LogP contribution >= 0.6 is 11.6 Å². The summed E-state index contributed by atoms with van der Waals surface area (Å²) in [5.41, 5.74) is 2.59. The van der Waals surface area contributed by atoms with Crippen LogP contribution in [0.2, 0.25) is 5.02 Å². The number of halogens is 1. The zero-order chi connectivity index (χ0) is 20.6. The van der Waals surface area contributed by atoms with Gasteiger partial charge in [-0.25, -0.2) is 17.7 Å². The Morgan fingerprint density at radius 3 is 2.69 bits per heavy atom. The lowest BCUT2D eigenvalue weighted by Gasteiger charge is -2.30. The minimum Gasteiger partial charge on any atom is -0.370 e. The predicted octanol–water partition coefficient (Wildman–Crippen LogP) is 1.93. The minimum absolute atomic E-state index is 0.368. The monoisotopic (exact) mass is 429 g/mol. The zero-order valence-electron chi connectivity index (χ0n) is 16.0. The summed E-state index contributed by atoms with van der Waals surface area (Å²) in [7, 11) is 2.94. The third-order valence-electron chi connectivity index (χ3n) is 5.26. The van der Waals surface area contributed by atoms with Gasteiger partial charge in [-0.05, 0) is 30.3 Å². The molecule has 1 saturated heterocycles. The maximum atomic E-state index is 11.7. The van der Waals surface area contributed by atoms with Crippen molar-refractivity contribution in [3.8, 4) is 11.3 Å². The summed E-state index contributed by atoms with van der Waals surface area (Å²) >= 11 is 6.36. The van der Waals surface area contributed by atoms with Crippen molar-refractivity contribution in [2.45, 2.75) is 12.8 Å². The molecule has 29 heavy (non-hydrogen) atoms. The molecule has 150 valence electrons. The van der Waals surface area contributed by atoms with Crippen LogP contribution in [0.5, 0.6) is 0 Å². The Labute approximate surface area is 176 Å². The molecule has 3 heterocycles. The predicted molar refractivity (Wildman–Crippen MR) is 116 cm³/mol. The van der Waals surface area contributed by atoms with Crippen LogP contribution in [0.25, 0.3) is 16.9 Å². The van der Waals surface area contributed by atoms with E-state index in [1.807, 2.05) is 30.3 Å². The van der Waals surface area contributed by atoms with Crippen molar-refractivity contribution in [1.29, 1.82) is 0 Å². The van der Waals surface area contributed by atoms with Crippen molar-refractivity contribution in [1.82, 2.24) is 18.9 Å². The van der Waals surface area contributed by atoms with E-state index in [-0.39, 0.29) is 0 Å². The summed E-state index contributed by atoms with van der Waals surface area (Å²) in [5.74, 6) is 1.14. The summed E-state index contributed by atoms with van der Waals surface area (Å²) in [6.45, 7) is 1.81. The average molecular weight is 430 g/mol. The van der Waals surface area contributed by atoms with Crippen molar-refractivity contribution in [2.24, 2.45) is 5.92 Å². The second kappa shape index (κ2) is 7.97. The molecule has 1 aromatic carbocycles. The van der Waals surface area contributed by atoms with Gasteiger partial charge in [-0.15, -0.1) is 0 Å². The number of aromatic nitrogens is 3. The summed E-state index contributed by atoms with van der Waals surface area (Å²) in [4.78, 5) is 4.64. The molecule has 3 aromatic rings. The van der Waals surface area contributed by atoms with Crippen LogP contribution in [0, 0.1) is 5.92 Å². The van der Waals surface area contributed by atoms with Gasteiger partial charge in [0.1, 0.15) is 13.7 Å². The highest BCUT2D eigenvalue weighted by atomic mass is 35.5. The van der Waals surface area contributed by atoms with Gasteiger partial charge in [0.15, 0.2) is 5.65 Å². The van der Waals surface area contributed by atoms with Gasteiger partial charge in [0.25, 0.3) is 0 Å². The molecule has 1 aliphatic heterocycles. The van der Waals surface area contributed by atoms with Crippen LogP contribution < -0.4 is 10.8 Å². The van der Waals surface area contributed by atoms with E-state index in [0.29, 0.717) is 47.4 Å². The molecule has 2 aromatic heterocycles. The fourth-order valence-corrected chi connectivity index (χ4v) is 4.71. The molecule has 0 unspecified atom stereocenters. The number of rotatable bonds is 5. The van der Waals surface area contributed by atoms with Crippen LogP contribution in [0.1, 0.15) is 12.8 Å². The number of piperidine rings is 1. The third-order valence-corrected chi connectivity index (χ3v) is 6.90. The van der Waals surface area contributed by atoms with Crippen LogP contribution in [0.3, 0.4) is 0 Å². The van der Waals surface area contributed by atoms with Gasteiger partial charge < -0.3 is 5.32 Å². The lowest BCUT2D eigenvalue weighted by atomic mass is 9.98. The van der Waals surface area contributed by atoms with Crippen LogP contribution in [-0.4, -0.2) is 61.1 Å². The van der Waals surface area contributed by atoms with Crippen LogP contribution in [0.4, 0.5) is 5.82 Å². The first-order valence-electron chi connectivity index (χ1n) is 9.41. The van der Waals surface area contributed by atoms with E-state index >= 15 is 0 Å². The van der Waals surface area contributed by atoms with Gasteiger partial charge >= 0.3 is 0 Å². The van der Waals surface area contributed by atoms with E-state index in [9.17, 15) is 8.42 Å². The molecule has 0 spiro atoms. The molecule has 0 aliphatic carbocycles. The second-order valence-corrected chi connectivity index (χ2v) is 9.72. The van der Waals surface area contributed by atoms with E-state index in [2.05, 4.69) is 15.4 Å². The average Bonchev–Trinajstić information content (AvgIpc) is 3.07. The first kappa shape index (κ1) is 20.2. The fourth-order valence-electron chi connectivity index (χ4n) is 3.61. The molecule has 4 rings (SSSR count). The van der Waals surface area contributed by atoms with E-state index in [1.165, 1.54) is 10.6 Å². The Morgan fingerprint density at radius 2 is 2.00 bits per heavy atom. The lowest BCUT2D eigenvalue weighted by Crippen LogP contribution is -2.39. The standard InChI is InChI=1S/C19H21BClN5O2S/c1-29(27,28)25-8-6-13(7-9-25)11-22-18-10-17(14-4-2-3-5-16(14)21)24-19-15(20)12-23-26(18)19/h2-5,10,12-13,22H,6-9,11H2,1H3. The first-order valence-corrected chi connectivity index (χ1v) is 11.6. The topological polar surface area (TPSA) is 79.6 Å². The number of anilines is 1. The Hall–Kier alpha value is -2.10. The van der Waals surface area contributed by atoms with Crippen molar-refractivity contribution in [2.75, 3.05) is 31.2 Å². The van der Waals surface area contributed by atoms with Gasteiger partial charge in [0, 0.05) is 42.5 Å². The largest absolute Gasteiger partial charge is 0.370 e. The van der Waals surface area contributed by atoms with Crippen molar-refractivity contribution < 1.29 is 8.42 Å². The lowest BCUT2D eigenvalue weighted by molar-refractivity contribution is 0.283. The number of benzene rings is 1. The van der Waals surface area contributed by atoms with E-state index in [0.717, 1.165) is 24.2 Å². The molecule has 1 fully saturated rings. The summed E-state index contributed by atoms with van der Waals surface area (Å²) in [6, 6.07) is 9.44. The Kier molecular flexibility index (Phi) is 5.55. The second-order valence-electron chi connectivity index (χ2n) is 7.33. The number of nitrogens with one attached hydrogen (secondary N) is 1. The summed E-state index contributed by atoms with van der Waals surface area (Å²) in [5, 5.41) is 8.39. The normalized spacial score (nSPS) is 16.3. The van der Waals surface area contributed by atoms with Gasteiger partial charge in [-0.1, -0.05) is 29.8 Å². The minimum atomic E-state index is -3.12. The molecule has 2 radical (unpaired) electrons. The van der Waals surface area contributed by atoms with Gasteiger partial charge in [0.2, 0.25) is 10.0 Å². The van der Waals surface area contributed by atoms with E-state index < -0.39 is 10.0 Å². The first-order chi connectivity index (χ1) is 13.8.